The van der Waals surface area contributed by atoms with Gasteiger partial charge in [-0.2, -0.15) is 0 Å². The first-order chi connectivity index (χ1) is 16.9. The predicted molar refractivity (Wildman–Crippen MR) is 140 cm³/mol. The van der Waals surface area contributed by atoms with Gasteiger partial charge in [-0.05, 0) is 68.9 Å². The number of benzene rings is 2. The minimum Gasteiger partial charge on any atom is -0.489 e. The number of aromatic nitrogens is 1. The fourth-order valence-electron chi connectivity index (χ4n) is 4.43. The molecule has 0 unspecified atom stereocenters. The van der Waals surface area contributed by atoms with E-state index in [4.69, 9.17) is 14.5 Å². The first-order valence-electron chi connectivity index (χ1n) is 12.6. The van der Waals surface area contributed by atoms with Crippen molar-refractivity contribution in [3.63, 3.8) is 0 Å². The normalized spacial score (nSPS) is 14.4. The average Bonchev–Trinajstić information content (AvgIpc) is 2.87. The van der Waals surface area contributed by atoms with Crippen LogP contribution in [0.25, 0.3) is 0 Å². The quantitative estimate of drug-likeness (QED) is 0.354. The number of pyridine rings is 1. The molecule has 2 aromatic carbocycles. The molecule has 5 heteroatoms. The molecule has 1 fully saturated rings. The van der Waals surface area contributed by atoms with Crippen molar-refractivity contribution >= 4 is 11.8 Å². The van der Waals surface area contributed by atoms with Gasteiger partial charge in [0.15, 0.2) is 0 Å². The van der Waals surface area contributed by atoms with Gasteiger partial charge in [0.05, 0.1) is 17.9 Å². The molecule has 0 spiro atoms. The smallest absolute Gasteiger partial charge is 0.415 e. The second-order valence-corrected chi connectivity index (χ2v) is 10.3. The Bertz CT molecular complexity index is 1080. The largest absolute Gasteiger partial charge is 0.489 e. The van der Waals surface area contributed by atoms with Crippen LogP contribution in [-0.4, -0.2) is 16.7 Å². The molecule has 5 nitrogen and oxygen atoms in total. The van der Waals surface area contributed by atoms with Gasteiger partial charge < -0.3 is 9.47 Å². The van der Waals surface area contributed by atoms with Gasteiger partial charge >= 0.3 is 6.09 Å². The Balaban J connectivity index is 1.52. The van der Waals surface area contributed by atoms with Crippen LogP contribution in [0.3, 0.4) is 0 Å². The predicted octanol–water partition coefficient (Wildman–Crippen LogP) is 7.65. The van der Waals surface area contributed by atoms with Gasteiger partial charge in [0.2, 0.25) is 0 Å². The van der Waals surface area contributed by atoms with Gasteiger partial charge in [-0.1, -0.05) is 61.7 Å². The topological polar surface area (TPSA) is 51.7 Å². The number of carbonyl (C=O) groups is 1. The molecule has 0 saturated heterocycles. The summed E-state index contributed by atoms with van der Waals surface area (Å²) >= 11 is 0. The Morgan fingerprint density at radius 2 is 1.74 bits per heavy atom. The first-order valence-corrected chi connectivity index (χ1v) is 12.6. The zero-order valence-electron chi connectivity index (χ0n) is 21.1. The molecule has 1 amide bonds. The van der Waals surface area contributed by atoms with E-state index >= 15 is 0 Å². The van der Waals surface area contributed by atoms with Crippen LogP contribution in [0.2, 0.25) is 0 Å². The van der Waals surface area contributed by atoms with E-state index in [9.17, 15) is 4.79 Å². The SMILES string of the molecule is CC(C)(C)OC(=O)N(Cc1ccc(C2CCCCC2)cn1)c1cccc(OCc2ccccc2)c1. The van der Waals surface area contributed by atoms with Crippen molar-refractivity contribution in [1.29, 1.82) is 0 Å². The summed E-state index contributed by atoms with van der Waals surface area (Å²) in [5, 5.41) is 0. The number of hydrogen-bond acceptors (Lipinski definition) is 4. The summed E-state index contributed by atoms with van der Waals surface area (Å²) in [5.41, 5.74) is 3.32. The standard InChI is InChI=1S/C30H36N2O3/c1-30(2,3)35-29(33)32(21-26-18-17-25(20-31-26)24-13-8-5-9-14-24)27-15-10-16-28(19-27)34-22-23-11-6-4-7-12-23/h4,6-7,10-12,15-20,24H,5,8-9,13-14,21-22H2,1-3H3. The minimum absolute atomic E-state index is 0.321. The number of rotatable bonds is 7. The maximum Gasteiger partial charge on any atom is 0.415 e. The maximum absolute atomic E-state index is 13.2. The Morgan fingerprint density at radius 3 is 2.43 bits per heavy atom. The fraction of sp³-hybridized carbons (Fsp3) is 0.400. The molecule has 184 valence electrons. The molecule has 1 aliphatic rings. The van der Waals surface area contributed by atoms with Crippen LogP contribution in [0.4, 0.5) is 10.5 Å². The second kappa shape index (κ2) is 11.4. The fourth-order valence-corrected chi connectivity index (χ4v) is 4.43. The molecule has 1 aliphatic carbocycles. The van der Waals surface area contributed by atoms with Crippen molar-refractivity contribution < 1.29 is 14.3 Å². The average molecular weight is 473 g/mol. The zero-order valence-corrected chi connectivity index (χ0v) is 21.1. The molecule has 4 rings (SSSR count). The van der Waals surface area contributed by atoms with E-state index in [0.29, 0.717) is 30.5 Å². The monoisotopic (exact) mass is 472 g/mol. The molecule has 0 bridgehead atoms. The maximum atomic E-state index is 13.2. The summed E-state index contributed by atoms with van der Waals surface area (Å²) < 4.78 is 11.7. The lowest BCUT2D eigenvalue weighted by molar-refractivity contribution is 0.0577. The Labute approximate surface area is 209 Å². The molecule has 0 N–H and O–H groups in total. The van der Waals surface area contributed by atoms with Gasteiger partial charge in [0.25, 0.3) is 0 Å². The number of carbonyl (C=O) groups excluding carboxylic acids is 1. The lowest BCUT2D eigenvalue weighted by Crippen LogP contribution is -2.36. The summed E-state index contributed by atoms with van der Waals surface area (Å²) in [7, 11) is 0. The van der Waals surface area contributed by atoms with E-state index < -0.39 is 11.7 Å². The summed E-state index contributed by atoms with van der Waals surface area (Å²) in [4.78, 5) is 19.5. The molecule has 1 aromatic heterocycles. The second-order valence-electron chi connectivity index (χ2n) is 10.3. The number of nitrogens with zero attached hydrogens (tertiary/aromatic N) is 2. The van der Waals surface area contributed by atoms with Crippen LogP contribution in [0.1, 0.15) is 75.6 Å². The number of ether oxygens (including phenoxy) is 2. The van der Waals surface area contributed by atoms with Crippen molar-refractivity contribution in [2.45, 2.75) is 77.5 Å². The lowest BCUT2D eigenvalue weighted by Gasteiger charge is -2.28. The summed E-state index contributed by atoms with van der Waals surface area (Å²) in [6.45, 7) is 6.40. The van der Waals surface area contributed by atoms with Crippen molar-refractivity contribution in [2.75, 3.05) is 4.90 Å². The Kier molecular flexibility index (Phi) is 8.06. The highest BCUT2D eigenvalue weighted by molar-refractivity contribution is 5.88. The Hall–Kier alpha value is -3.34. The molecule has 0 atom stereocenters. The van der Waals surface area contributed by atoms with Crippen LogP contribution in [0, 0.1) is 0 Å². The highest BCUT2D eigenvalue weighted by Crippen LogP contribution is 2.32. The third kappa shape index (κ3) is 7.32. The van der Waals surface area contributed by atoms with Gasteiger partial charge in [0.1, 0.15) is 18.0 Å². The van der Waals surface area contributed by atoms with E-state index in [-0.39, 0.29) is 0 Å². The van der Waals surface area contributed by atoms with Gasteiger partial charge in [-0.3, -0.25) is 9.88 Å². The van der Waals surface area contributed by atoms with Crippen LogP contribution in [0.15, 0.2) is 72.9 Å². The summed E-state index contributed by atoms with van der Waals surface area (Å²) in [6, 6.07) is 21.8. The highest BCUT2D eigenvalue weighted by atomic mass is 16.6. The van der Waals surface area contributed by atoms with Crippen LogP contribution < -0.4 is 9.64 Å². The first kappa shape index (κ1) is 24.8. The highest BCUT2D eigenvalue weighted by Gasteiger charge is 2.25. The number of anilines is 1. The van der Waals surface area contributed by atoms with E-state index in [2.05, 4.69) is 6.07 Å². The summed E-state index contributed by atoms with van der Waals surface area (Å²) in [5.74, 6) is 1.30. The molecule has 3 aromatic rings. The molecule has 1 heterocycles. The van der Waals surface area contributed by atoms with Crippen molar-refractivity contribution in [1.82, 2.24) is 4.98 Å². The minimum atomic E-state index is -0.602. The third-order valence-electron chi connectivity index (χ3n) is 6.24. The van der Waals surface area contributed by atoms with Crippen molar-refractivity contribution in [2.24, 2.45) is 0 Å². The lowest BCUT2D eigenvalue weighted by atomic mass is 9.85. The van der Waals surface area contributed by atoms with E-state index in [1.807, 2.05) is 87.6 Å². The molecule has 0 radical (unpaired) electrons. The number of amides is 1. The molecule has 35 heavy (non-hydrogen) atoms. The van der Waals surface area contributed by atoms with Gasteiger partial charge in [0, 0.05) is 12.3 Å². The Morgan fingerprint density at radius 1 is 0.971 bits per heavy atom. The van der Waals surface area contributed by atoms with Crippen molar-refractivity contribution in [3.8, 4) is 5.75 Å². The summed E-state index contributed by atoms with van der Waals surface area (Å²) in [6.07, 6.45) is 7.97. The number of hydrogen-bond donors (Lipinski definition) is 0. The van der Waals surface area contributed by atoms with Crippen LogP contribution >= 0.6 is 0 Å². The molecular formula is C30H36N2O3. The van der Waals surface area contributed by atoms with E-state index in [1.165, 1.54) is 37.7 Å². The molecule has 1 saturated carbocycles. The van der Waals surface area contributed by atoms with Gasteiger partial charge in [-0.25, -0.2) is 4.79 Å². The van der Waals surface area contributed by atoms with Gasteiger partial charge in [-0.15, -0.1) is 0 Å². The molecular weight excluding hydrogens is 436 g/mol. The van der Waals surface area contributed by atoms with Crippen LogP contribution in [-0.2, 0) is 17.9 Å². The van der Waals surface area contributed by atoms with Crippen molar-refractivity contribution in [3.05, 3.63) is 89.7 Å². The zero-order chi connectivity index (χ0) is 24.7. The van der Waals surface area contributed by atoms with E-state index in [0.717, 1.165) is 11.3 Å². The third-order valence-corrected chi connectivity index (χ3v) is 6.24. The molecule has 0 aliphatic heterocycles. The van der Waals surface area contributed by atoms with E-state index in [1.54, 1.807) is 4.90 Å². The van der Waals surface area contributed by atoms with Crippen LogP contribution in [0.5, 0.6) is 5.75 Å².